The van der Waals surface area contributed by atoms with E-state index in [9.17, 15) is 9.59 Å². The van der Waals surface area contributed by atoms with Crippen LogP contribution >= 0.6 is 0 Å². The first-order valence-corrected chi connectivity index (χ1v) is 10.1. The van der Waals surface area contributed by atoms with E-state index in [1.807, 2.05) is 44.2 Å². The zero-order valence-electron chi connectivity index (χ0n) is 18.1. The number of primary amides is 1. The molecule has 0 unspecified atom stereocenters. The maximum atomic E-state index is 11.8. The van der Waals surface area contributed by atoms with E-state index in [0.717, 1.165) is 5.56 Å². The molecular weight excluding hydrogens is 398 g/mol. The van der Waals surface area contributed by atoms with E-state index in [4.69, 9.17) is 20.9 Å². The van der Waals surface area contributed by atoms with Crippen molar-refractivity contribution in [2.75, 3.05) is 19.4 Å². The average Bonchev–Trinajstić information content (AvgIpc) is 3.11. The minimum Gasteiger partial charge on any atom is -0.494 e. The van der Waals surface area contributed by atoms with Gasteiger partial charge in [0.05, 0.1) is 12.6 Å². The summed E-state index contributed by atoms with van der Waals surface area (Å²) >= 11 is 0. The number of rotatable bonds is 8. The van der Waals surface area contributed by atoms with Crippen LogP contribution < -0.4 is 21.5 Å². The van der Waals surface area contributed by atoms with Gasteiger partial charge >= 0.3 is 6.09 Å². The van der Waals surface area contributed by atoms with Crippen LogP contribution in [0.4, 0.5) is 10.7 Å². The molecule has 5 N–H and O–H groups in total. The molecule has 0 radical (unpaired) electrons. The second-order valence-electron chi connectivity index (χ2n) is 6.37. The number of carbonyl (C=O) groups excluding carboxylic acids is 2. The number of imidazole rings is 1. The third kappa shape index (κ3) is 6.11. The maximum absolute atomic E-state index is 11.8. The Morgan fingerprint density at radius 1 is 1.16 bits per heavy atom. The SMILES string of the molecule is CC.COc1cc(C(N)=O)cc2nc(N)n(CCCNC(=O)OCc3ccccc3)c12. The Labute approximate surface area is 181 Å². The van der Waals surface area contributed by atoms with Crippen molar-refractivity contribution in [2.24, 2.45) is 5.73 Å². The number of aromatic nitrogens is 2. The van der Waals surface area contributed by atoms with Crippen molar-refractivity contribution in [1.82, 2.24) is 14.9 Å². The summed E-state index contributed by atoms with van der Waals surface area (Å²) in [6.45, 7) is 5.10. The standard InChI is InChI=1S/C20H23N5O4.C2H6/c1-28-16-11-14(18(21)26)10-15-17(16)25(19(22)24-15)9-5-8-23-20(27)29-12-13-6-3-2-4-7-13;1-2/h2-4,6-7,10-11H,5,8-9,12H2,1H3,(H2,21,26)(H2,22,24)(H,23,27);1-2H3. The number of hydrogen-bond donors (Lipinski definition) is 3. The molecule has 9 heteroatoms. The number of nitrogens with zero attached hydrogens (tertiary/aromatic N) is 2. The van der Waals surface area contributed by atoms with Crippen LogP contribution in [0, 0.1) is 0 Å². The molecule has 0 bridgehead atoms. The predicted octanol–water partition coefficient (Wildman–Crippen LogP) is 3.07. The molecule has 2 amide bonds. The van der Waals surface area contributed by atoms with Gasteiger partial charge in [0, 0.05) is 18.7 Å². The van der Waals surface area contributed by atoms with E-state index >= 15 is 0 Å². The number of fused-ring (bicyclic) bond motifs is 1. The molecule has 0 atom stereocenters. The van der Waals surface area contributed by atoms with Crippen molar-refractivity contribution in [1.29, 1.82) is 0 Å². The molecule has 0 aliphatic rings. The molecule has 0 saturated heterocycles. The van der Waals surface area contributed by atoms with Gasteiger partial charge in [-0.1, -0.05) is 44.2 Å². The van der Waals surface area contributed by atoms with Crippen molar-refractivity contribution >= 4 is 29.0 Å². The van der Waals surface area contributed by atoms with E-state index < -0.39 is 12.0 Å². The highest BCUT2D eigenvalue weighted by atomic mass is 16.5. The third-order valence-corrected chi connectivity index (χ3v) is 4.38. The fourth-order valence-corrected chi connectivity index (χ4v) is 2.97. The lowest BCUT2D eigenvalue weighted by atomic mass is 10.1. The molecule has 0 aliphatic heterocycles. The van der Waals surface area contributed by atoms with E-state index in [2.05, 4.69) is 10.3 Å². The van der Waals surface area contributed by atoms with Crippen LogP contribution in [0.3, 0.4) is 0 Å². The molecule has 9 nitrogen and oxygen atoms in total. The molecule has 31 heavy (non-hydrogen) atoms. The van der Waals surface area contributed by atoms with Crippen LogP contribution in [0.15, 0.2) is 42.5 Å². The number of alkyl carbamates (subject to hydrolysis) is 1. The molecule has 0 fully saturated rings. The number of aryl methyl sites for hydroxylation is 1. The largest absolute Gasteiger partial charge is 0.494 e. The highest BCUT2D eigenvalue weighted by Crippen LogP contribution is 2.29. The summed E-state index contributed by atoms with van der Waals surface area (Å²) in [5.41, 5.74) is 13.8. The van der Waals surface area contributed by atoms with Gasteiger partial charge in [0.2, 0.25) is 11.9 Å². The van der Waals surface area contributed by atoms with E-state index in [0.29, 0.717) is 41.9 Å². The Morgan fingerprint density at radius 3 is 2.52 bits per heavy atom. The van der Waals surface area contributed by atoms with Crippen LogP contribution in [0.5, 0.6) is 5.75 Å². The predicted molar refractivity (Wildman–Crippen MR) is 120 cm³/mol. The Hall–Kier alpha value is -3.75. The number of nitrogens with one attached hydrogen (secondary N) is 1. The third-order valence-electron chi connectivity index (χ3n) is 4.38. The first-order valence-electron chi connectivity index (χ1n) is 10.1. The molecular formula is C22H29N5O4. The quantitative estimate of drug-likeness (QED) is 0.473. The maximum Gasteiger partial charge on any atom is 0.407 e. The summed E-state index contributed by atoms with van der Waals surface area (Å²) in [4.78, 5) is 27.6. The second kappa shape index (κ2) is 11.4. The topological polar surface area (TPSA) is 134 Å². The van der Waals surface area contributed by atoms with Gasteiger partial charge in [-0.3, -0.25) is 4.79 Å². The number of methoxy groups -OCH3 is 1. The molecule has 166 valence electrons. The summed E-state index contributed by atoms with van der Waals surface area (Å²) in [5, 5.41) is 2.71. The molecule has 2 aromatic carbocycles. The van der Waals surface area contributed by atoms with Crippen LogP contribution in [0.1, 0.15) is 36.2 Å². The summed E-state index contributed by atoms with van der Waals surface area (Å²) in [5.74, 6) is 0.166. The number of amides is 2. The Kier molecular flexibility index (Phi) is 8.68. The molecule has 1 heterocycles. The van der Waals surface area contributed by atoms with Crippen LogP contribution in [0.2, 0.25) is 0 Å². The molecule has 1 aromatic heterocycles. The minimum absolute atomic E-state index is 0.213. The molecule has 3 aromatic rings. The molecule has 0 spiro atoms. The van der Waals surface area contributed by atoms with Gasteiger partial charge < -0.3 is 30.8 Å². The van der Waals surface area contributed by atoms with Crippen LogP contribution in [-0.4, -0.2) is 35.2 Å². The van der Waals surface area contributed by atoms with Crippen molar-refractivity contribution < 1.29 is 19.1 Å². The van der Waals surface area contributed by atoms with E-state index in [1.54, 1.807) is 16.7 Å². The van der Waals surface area contributed by atoms with Gasteiger partial charge in [-0.25, -0.2) is 9.78 Å². The number of ether oxygens (including phenoxy) is 2. The normalized spacial score (nSPS) is 10.2. The number of benzene rings is 2. The van der Waals surface area contributed by atoms with E-state index in [1.165, 1.54) is 7.11 Å². The van der Waals surface area contributed by atoms with Gasteiger partial charge in [-0.15, -0.1) is 0 Å². The smallest absolute Gasteiger partial charge is 0.407 e. The lowest BCUT2D eigenvalue weighted by molar-refractivity contribution is 0.1000. The highest BCUT2D eigenvalue weighted by Gasteiger charge is 2.16. The number of carbonyl (C=O) groups is 2. The van der Waals surface area contributed by atoms with Crippen LogP contribution in [-0.2, 0) is 17.9 Å². The van der Waals surface area contributed by atoms with Gasteiger partial charge in [0.25, 0.3) is 0 Å². The lowest BCUT2D eigenvalue weighted by Gasteiger charge is -2.11. The number of nitrogens with two attached hydrogens (primary N) is 2. The Bertz CT molecular complexity index is 1020. The number of nitrogen functional groups attached to an aromatic ring is 1. The van der Waals surface area contributed by atoms with Gasteiger partial charge in [-0.05, 0) is 24.1 Å². The monoisotopic (exact) mass is 427 g/mol. The average molecular weight is 428 g/mol. The van der Waals surface area contributed by atoms with E-state index in [-0.39, 0.29) is 12.6 Å². The van der Waals surface area contributed by atoms with Gasteiger partial charge in [0.1, 0.15) is 17.9 Å². The summed E-state index contributed by atoms with van der Waals surface area (Å²) < 4.78 is 12.3. The van der Waals surface area contributed by atoms with Gasteiger partial charge in [-0.2, -0.15) is 0 Å². The zero-order valence-corrected chi connectivity index (χ0v) is 18.1. The fourth-order valence-electron chi connectivity index (χ4n) is 2.97. The molecule has 0 aliphatic carbocycles. The van der Waals surface area contributed by atoms with Crippen LogP contribution in [0.25, 0.3) is 11.0 Å². The second-order valence-corrected chi connectivity index (χ2v) is 6.37. The minimum atomic E-state index is -0.573. The highest BCUT2D eigenvalue weighted by molar-refractivity contribution is 5.98. The summed E-state index contributed by atoms with van der Waals surface area (Å²) in [6.07, 6.45) is 0.109. The number of hydrogen-bond acceptors (Lipinski definition) is 6. The molecule has 0 saturated carbocycles. The van der Waals surface area contributed by atoms with Gasteiger partial charge in [0.15, 0.2) is 0 Å². The van der Waals surface area contributed by atoms with Crippen molar-refractivity contribution in [3.05, 3.63) is 53.6 Å². The van der Waals surface area contributed by atoms with Crippen molar-refractivity contribution in [2.45, 2.75) is 33.4 Å². The van der Waals surface area contributed by atoms with Crippen molar-refractivity contribution in [3.8, 4) is 5.75 Å². The lowest BCUT2D eigenvalue weighted by Crippen LogP contribution is -2.26. The first-order chi connectivity index (χ1) is 15.0. The number of anilines is 1. The van der Waals surface area contributed by atoms with Crippen molar-refractivity contribution in [3.63, 3.8) is 0 Å². The zero-order chi connectivity index (χ0) is 22.8. The summed E-state index contributed by atoms with van der Waals surface area (Å²) in [7, 11) is 1.50. The Morgan fingerprint density at radius 2 is 1.87 bits per heavy atom. The fraction of sp³-hybridized carbons (Fsp3) is 0.318. The summed E-state index contributed by atoms with van der Waals surface area (Å²) in [6, 6.07) is 12.6. The Balaban J connectivity index is 0.00000166. The molecule has 3 rings (SSSR count). The first kappa shape index (κ1) is 23.5.